The third kappa shape index (κ3) is 4.71. The third-order valence-electron chi connectivity index (χ3n) is 7.32. The van der Waals surface area contributed by atoms with E-state index < -0.39 is 0 Å². The van der Waals surface area contributed by atoms with Gasteiger partial charge < -0.3 is 4.40 Å². The number of hydrogen-bond acceptors (Lipinski definition) is 3. The van der Waals surface area contributed by atoms with Crippen molar-refractivity contribution in [2.45, 2.75) is 52.9 Å². The second-order valence-electron chi connectivity index (χ2n) is 10.8. The Morgan fingerprint density at radius 1 is 1.12 bits per heavy atom. The lowest BCUT2D eigenvalue weighted by molar-refractivity contribution is -0.118. The van der Waals surface area contributed by atoms with Gasteiger partial charge in [0.1, 0.15) is 5.65 Å². The molecule has 0 N–H and O–H groups in total. The van der Waals surface area contributed by atoms with Crippen molar-refractivity contribution in [2.75, 3.05) is 0 Å². The summed E-state index contributed by atoms with van der Waals surface area (Å²) >= 11 is 0. The van der Waals surface area contributed by atoms with Crippen LogP contribution in [0.15, 0.2) is 72.1 Å². The Kier molecular flexibility index (Phi) is 5.55. The van der Waals surface area contributed by atoms with Gasteiger partial charge in [-0.2, -0.15) is 0 Å². The van der Waals surface area contributed by atoms with Crippen LogP contribution >= 0.6 is 0 Å². The van der Waals surface area contributed by atoms with Crippen LogP contribution in [-0.4, -0.2) is 21.0 Å². The molecule has 3 unspecified atom stereocenters. The van der Waals surface area contributed by atoms with E-state index in [1.165, 1.54) is 24.5 Å². The monoisotopic (exact) mass is 440 g/mol. The second-order valence-corrected chi connectivity index (χ2v) is 10.8. The molecule has 0 saturated heterocycles. The zero-order valence-corrected chi connectivity index (χ0v) is 19.8. The Morgan fingerprint density at radius 2 is 1.97 bits per heavy atom. The fourth-order valence-corrected chi connectivity index (χ4v) is 5.30. The van der Waals surface area contributed by atoms with Gasteiger partial charge >= 0.3 is 0 Å². The summed E-state index contributed by atoms with van der Waals surface area (Å²) in [5.74, 6) is 1.46. The van der Waals surface area contributed by atoms with E-state index in [2.05, 4.69) is 43.5 Å². The molecule has 33 heavy (non-hydrogen) atoms. The SMILES string of the molecule is CC(C)(C)C1CC1CCc1ccc2nc(CCC(=O)C3=CC(=O)C4C=CC=CC4=C3)cn2c1. The minimum atomic E-state index is -0.238. The van der Waals surface area contributed by atoms with E-state index in [4.69, 9.17) is 4.98 Å². The Hall–Kier alpha value is -3.01. The largest absolute Gasteiger partial charge is 0.307 e. The Labute approximate surface area is 195 Å². The van der Waals surface area contributed by atoms with Gasteiger partial charge in [-0.25, -0.2) is 4.98 Å². The highest BCUT2D eigenvalue weighted by atomic mass is 16.1. The van der Waals surface area contributed by atoms with Gasteiger partial charge in [0.25, 0.3) is 0 Å². The molecule has 0 aromatic carbocycles. The number of allylic oxidation sites excluding steroid dienone is 8. The summed E-state index contributed by atoms with van der Waals surface area (Å²) in [6.45, 7) is 7.05. The number of nitrogens with zero attached hydrogens (tertiary/aromatic N) is 2. The summed E-state index contributed by atoms with van der Waals surface area (Å²) in [7, 11) is 0. The van der Waals surface area contributed by atoms with Gasteiger partial charge in [0.2, 0.25) is 0 Å². The summed E-state index contributed by atoms with van der Waals surface area (Å²) in [5, 5.41) is 0. The molecule has 2 aromatic heterocycles. The minimum absolute atomic E-state index is 0.00664. The normalized spacial score (nSPS) is 24.0. The van der Waals surface area contributed by atoms with E-state index in [0.717, 1.165) is 35.2 Å². The van der Waals surface area contributed by atoms with Crippen molar-refractivity contribution in [2.24, 2.45) is 23.2 Å². The zero-order chi connectivity index (χ0) is 23.2. The van der Waals surface area contributed by atoms with E-state index in [9.17, 15) is 9.59 Å². The van der Waals surface area contributed by atoms with Crippen LogP contribution in [0.3, 0.4) is 0 Å². The quantitative estimate of drug-likeness (QED) is 0.561. The number of imidazole rings is 1. The molecular weight excluding hydrogens is 408 g/mol. The molecule has 1 saturated carbocycles. The van der Waals surface area contributed by atoms with Crippen molar-refractivity contribution in [3.8, 4) is 0 Å². The summed E-state index contributed by atoms with van der Waals surface area (Å²) in [6, 6.07) is 4.25. The Bertz CT molecular complexity index is 1230. The highest BCUT2D eigenvalue weighted by Crippen LogP contribution is 2.52. The van der Waals surface area contributed by atoms with Crippen LogP contribution in [0.1, 0.15) is 51.3 Å². The maximum absolute atomic E-state index is 12.8. The number of aromatic nitrogens is 2. The predicted octanol–water partition coefficient (Wildman–Crippen LogP) is 5.63. The Balaban J connectivity index is 1.19. The van der Waals surface area contributed by atoms with Gasteiger partial charge in [-0.3, -0.25) is 9.59 Å². The maximum Gasteiger partial charge on any atom is 0.167 e. The number of rotatable bonds is 7. The molecule has 5 rings (SSSR count). The van der Waals surface area contributed by atoms with Gasteiger partial charge in [-0.15, -0.1) is 0 Å². The zero-order valence-electron chi connectivity index (χ0n) is 19.8. The first kappa shape index (κ1) is 21.8. The van der Waals surface area contributed by atoms with Crippen LogP contribution in [0.4, 0.5) is 0 Å². The summed E-state index contributed by atoms with van der Waals surface area (Å²) in [4.78, 5) is 29.8. The predicted molar refractivity (Wildman–Crippen MR) is 131 cm³/mol. The number of carbonyl (C=O) groups excluding carboxylic acids is 2. The van der Waals surface area contributed by atoms with E-state index in [0.29, 0.717) is 23.8 Å². The van der Waals surface area contributed by atoms with E-state index >= 15 is 0 Å². The highest BCUT2D eigenvalue weighted by Gasteiger charge is 2.44. The van der Waals surface area contributed by atoms with Crippen LogP contribution in [-0.2, 0) is 22.4 Å². The summed E-state index contributed by atoms with van der Waals surface area (Å²) < 4.78 is 2.08. The van der Waals surface area contributed by atoms with Crippen LogP contribution in [0.25, 0.3) is 5.65 Å². The fraction of sp³-hybridized carbons (Fsp3) is 0.414. The van der Waals surface area contributed by atoms with Crippen molar-refractivity contribution < 1.29 is 9.59 Å². The molecule has 0 bridgehead atoms. The molecule has 0 amide bonds. The first-order chi connectivity index (χ1) is 15.8. The summed E-state index contributed by atoms with van der Waals surface area (Å²) in [5.41, 5.74) is 4.98. The highest BCUT2D eigenvalue weighted by molar-refractivity contribution is 6.09. The molecule has 170 valence electrons. The molecule has 4 heteroatoms. The molecule has 2 heterocycles. The molecule has 0 aliphatic heterocycles. The first-order valence-electron chi connectivity index (χ1n) is 12.1. The van der Waals surface area contributed by atoms with Crippen LogP contribution in [0, 0.1) is 23.2 Å². The van der Waals surface area contributed by atoms with Crippen molar-refractivity contribution in [3.63, 3.8) is 0 Å². The average molecular weight is 441 g/mol. The topological polar surface area (TPSA) is 51.4 Å². The van der Waals surface area contributed by atoms with Crippen molar-refractivity contribution in [1.82, 2.24) is 9.38 Å². The lowest BCUT2D eigenvalue weighted by atomic mass is 9.83. The fourth-order valence-electron chi connectivity index (χ4n) is 5.30. The smallest absolute Gasteiger partial charge is 0.167 e. The van der Waals surface area contributed by atoms with E-state index in [-0.39, 0.29) is 17.5 Å². The number of ketones is 2. The first-order valence-corrected chi connectivity index (χ1v) is 12.1. The van der Waals surface area contributed by atoms with Crippen LogP contribution in [0.5, 0.6) is 0 Å². The van der Waals surface area contributed by atoms with Gasteiger partial charge in [0.05, 0.1) is 11.6 Å². The number of hydrogen-bond donors (Lipinski definition) is 0. The van der Waals surface area contributed by atoms with Crippen molar-refractivity contribution in [1.29, 1.82) is 0 Å². The van der Waals surface area contributed by atoms with E-state index in [1.807, 2.05) is 36.6 Å². The van der Waals surface area contributed by atoms with E-state index in [1.54, 1.807) is 0 Å². The standard InChI is InChI=1S/C29H32N2O2/c1-29(2,3)25-15-21(25)10-8-19-9-13-28-30-23(18-31(28)17-19)11-12-26(32)22-14-20-6-4-5-7-24(20)27(33)16-22/h4-7,9,13-14,16-18,21,24-25H,8,10-12,15H2,1-3H3. The molecule has 1 fully saturated rings. The number of aryl methyl sites for hydroxylation is 2. The number of Topliss-reactive ketones (excluding diaryl/α,β-unsaturated/α-hetero) is 1. The lowest BCUT2D eigenvalue weighted by Crippen LogP contribution is -2.19. The minimum Gasteiger partial charge on any atom is -0.307 e. The molecule has 2 aromatic rings. The van der Waals surface area contributed by atoms with Gasteiger partial charge in [-0.05, 0) is 72.3 Å². The number of pyridine rings is 1. The average Bonchev–Trinajstić information content (AvgIpc) is 3.47. The van der Waals surface area contributed by atoms with Crippen molar-refractivity contribution >= 4 is 17.2 Å². The van der Waals surface area contributed by atoms with Gasteiger partial charge in [-0.1, -0.05) is 51.1 Å². The molecule has 3 atom stereocenters. The molecular formula is C29H32N2O2. The molecule has 0 radical (unpaired) electrons. The Morgan fingerprint density at radius 3 is 2.76 bits per heavy atom. The second kappa shape index (κ2) is 8.40. The third-order valence-corrected chi connectivity index (χ3v) is 7.32. The van der Waals surface area contributed by atoms with Crippen LogP contribution < -0.4 is 0 Å². The van der Waals surface area contributed by atoms with Crippen LogP contribution in [0.2, 0.25) is 0 Å². The van der Waals surface area contributed by atoms with Gasteiger partial charge in [0, 0.05) is 24.4 Å². The molecule has 3 aliphatic rings. The number of carbonyl (C=O) groups is 2. The molecule has 4 nitrogen and oxygen atoms in total. The maximum atomic E-state index is 12.8. The van der Waals surface area contributed by atoms with Gasteiger partial charge in [0.15, 0.2) is 11.6 Å². The van der Waals surface area contributed by atoms with Crippen molar-refractivity contribution in [3.05, 3.63) is 83.4 Å². The molecule has 0 spiro atoms. The summed E-state index contributed by atoms with van der Waals surface area (Å²) in [6.07, 6.45) is 19.8. The lowest BCUT2D eigenvalue weighted by Gasteiger charge is -2.19. The molecule has 3 aliphatic carbocycles. The number of fused-ring (bicyclic) bond motifs is 2.